The molecule has 2 heterocycles. The van der Waals surface area contributed by atoms with Crippen LogP contribution in [0.15, 0.2) is 39.9 Å². The van der Waals surface area contributed by atoms with Gasteiger partial charge in [0, 0.05) is 20.6 Å². The molecule has 0 bridgehead atoms. The largest absolute Gasteiger partial charge is 0.493 e. The van der Waals surface area contributed by atoms with Crippen molar-refractivity contribution in [1.82, 2.24) is 19.4 Å². The number of aryl methyl sites for hydroxylation is 1. The molecule has 0 aliphatic heterocycles. The second kappa shape index (κ2) is 8.31. The zero-order valence-corrected chi connectivity index (χ0v) is 16.3. The summed E-state index contributed by atoms with van der Waals surface area (Å²) < 4.78 is 36.6. The van der Waals surface area contributed by atoms with Crippen LogP contribution in [0.3, 0.4) is 0 Å². The monoisotopic (exact) mass is 420 g/mol. The van der Waals surface area contributed by atoms with Crippen molar-refractivity contribution >= 4 is 16.9 Å². The SMILES string of the molecule is COc1ccc(CNC(=O)c2ccc3c(=O)n(C)c(=O)n(C)c3n2)cc1OC(F)F. The number of carbonyl (C=O) groups excluding carboxylic acids is 1. The maximum absolute atomic E-state index is 12.5. The van der Waals surface area contributed by atoms with E-state index < -0.39 is 23.8 Å². The second-order valence-corrected chi connectivity index (χ2v) is 6.32. The molecule has 0 atom stereocenters. The molecule has 2 aromatic heterocycles. The number of amides is 1. The Labute approximate surface area is 168 Å². The number of fused-ring (bicyclic) bond motifs is 1. The number of nitrogens with zero attached hydrogens (tertiary/aromatic N) is 3. The number of ether oxygens (including phenoxy) is 2. The molecule has 0 spiro atoms. The number of carbonyl (C=O) groups is 1. The van der Waals surface area contributed by atoms with E-state index in [1.54, 1.807) is 6.07 Å². The van der Waals surface area contributed by atoms with Crippen molar-refractivity contribution < 1.29 is 23.0 Å². The Morgan fingerprint density at radius 2 is 1.87 bits per heavy atom. The summed E-state index contributed by atoms with van der Waals surface area (Å²) in [6.07, 6.45) is 0. The Balaban J connectivity index is 1.84. The third kappa shape index (κ3) is 4.00. The number of rotatable bonds is 6. The molecule has 1 aromatic carbocycles. The Bertz CT molecular complexity index is 1240. The number of aromatic nitrogens is 3. The van der Waals surface area contributed by atoms with Crippen LogP contribution in [-0.4, -0.2) is 33.7 Å². The van der Waals surface area contributed by atoms with Crippen LogP contribution in [0.2, 0.25) is 0 Å². The van der Waals surface area contributed by atoms with Crippen LogP contribution in [-0.2, 0) is 20.6 Å². The molecule has 0 fully saturated rings. The first-order valence-electron chi connectivity index (χ1n) is 8.69. The van der Waals surface area contributed by atoms with Gasteiger partial charge in [-0.15, -0.1) is 0 Å². The van der Waals surface area contributed by atoms with E-state index >= 15 is 0 Å². The fourth-order valence-electron chi connectivity index (χ4n) is 2.87. The highest BCUT2D eigenvalue weighted by Gasteiger charge is 2.15. The molecule has 1 amide bonds. The van der Waals surface area contributed by atoms with E-state index in [9.17, 15) is 23.2 Å². The highest BCUT2D eigenvalue weighted by atomic mass is 19.3. The lowest BCUT2D eigenvalue weighted by Gasteiger charge is -2.12. The number of hydrogen-bond acceptors (Lipinski definition) is 6. The van der Waals surface area contributed by atoms with Gasteiger partial charge in [0.25, 0.3) is 11.5 Å². The van der Waals surface area contributed by atoms with Crippen LogP contribution in [0.25, 0.3) is 11.0 Å². The van der Waals surface area contributed by atoms with E-state index in [2.05, 4.69) is 15.0 Å². The van der Waals surface area contributed by atoms with Gasteiger partial charge in [-0.1, -0.05) is 6.07 Å². The van der Waals surface area contributed by atoms with E-state index in [4.69, 9.17) is 4.74 Å². The molecule has 3 rings (SSSR count). The summed E-state index contributed by atoms with van der Waals surface area (Å²) in [5, 5.41) is 2.80. The van der Waals surface area contributed by atoms with Gasteiger partial charge in [-0.2, -0.15) is 8.78 Å². The van der Waals surface area contributed by atoms with Crippen LogP contribution >= 0.6 is 0 Å². The van der Waals surface area contributed by atoms with Crippen molar-refractivity contribution in [1.29, 1.82) is 0 Å². The number of alkyl halides is 2. The molecule has 1 N–H and O–H groups in total. The first-order chi connectivity index (χ1) is 14.2. The molecule has 0 radical (unpaired) electrons. The summed E-state index contributed by atoms with van der Waals surface area (Å²) in [4.78, 5) is 40.9. The van der Waals surface area contributed by atoms with Crippen molar-refractivity contribution in [3.05, 3.63) is 62.4 Å². The molecule has 3 aromatic rings. The first-order valence-corrected chi connectivity index (χ1v) is 8.69. The Morgan fingerprint density at radius 1 is 1.13 bits per heavy atom. The predicted molar refractivity (Wildman–Crippen MR) is 103 cm³/mol. The van der Waals surface area contributed by atoms with Crippen LogP contribution in [0.1, 0.15) is 16.1 Å². The lowest BCUT2D eigenvalue weighted by atomic mass is 10.2. The van der Waals surface area contributed by atoms with Crippen molar-refractivity contribution in [2.75, 3.05) is 7.11 Å². The molecule has 0 unspecified atom stereocenters. The molecule has 0 aliphatic rings. The summed E-state index contributed by atoms with van der Waals surface area (Å²) in [5.74, 6) is -0.602. The molecule has 0 saturated heterocycles. The Hall–Kier alpha value is -3.76. The first kappa shape index (κ1) is 21.0. The summed E-state index contributed by atoms with van der Waals surface area (Å²) >= 11 is 0. The Kier molecular flexibility index (Phi) is 5.81. The highest BCUT2D eigenvalue weighted by molar-refractivity contribution is 5.94. The average molecular weight is 420 g/mol. The van der Waals surface area contributed by atoms with Crippen molar-refractivity contribution in [2.45, 2.75) is 13.2 Å². The van der Waals surface area contributed by atoms with Crippen molar-refractivity contribution in [3.8, 4) is 11.5 Å². The normalized spacial score (nSPS) is 11.0. The molecular formula is C19H18F2N4O5. The van der Waals surface area contributed by atoms with Gasteiger partial charge in [0.1, 0.15) is 11.3 Å². The van der Waals surface area contributed by atoms with Crippen molar-refractivity contribution in [2.24, 2.45) is 14.1 Å². The second-order valence-electron chi connectivity index (χ2n) is 6.32. The Morgan fingerprint density at radius 3 is 2.53 bits per heavy atom. The number of pyridine rings is 1. The molecule has 0 aliphatic carbocycles. The molecule has 158 valence electrons. The summed E-state index contributed by atoms with van der Waals surface area (Å²) in [5.41, 5.74) is -0.530. The zero-order valence-electron chi connectivity index (χ0n) is 16.3. The number of benzene rings is 1. The van der Waals surface area contributed by atoms with Gasteiger partial charge in [-0.25, -0.2) is 9.78 Å². The van der Waals surface area contributed by atoms with E-state index in [0.717, 1.165) is 4.57 Å². The molecule has 9 nitrogen and oxygen atoms in total. The van der Waals surface area contributed by atoms with Gasteiger partial charge in [0.2, 0.25) is 0 Å². The van der Waals surface area contributed by atoms with Gasteiger partial charge in [0.05, 0.1) is 12.5 Å². The molecule has 0 saturated carbocycles. The fraction of sp³-hybridized carbons (Fsp3) is 0.263. The molecular weight excluding hydrogens is 402 g/mol. The number of methoxy groups -OCH3 is 1. The molecule has 30 heavy (non-hydrogen) atoms. The van der Waals surface area contributed by atoms with E-state index in [-0.39, 0.29) is 34.8 Å². The van der Waals surface area contributed by atoms with Crippen LogP contribution in [0, 0.1) is 0 Å². The predicted octanol–water partition coefficient (Wildman–Crippen LogP) is 1.17. The summed E-state index contributed by atoms with van der Waals surface area (Å²) in [6, 6.07) is 7.13. The third-order valence-electron chi connectivity index (χ3n) is 4.43. The number of halogens is 2. The van der Waals surface area contributed by atoms with Crippen LogP contribution in [0.4, 0.5) is 8.78 Å². The minimum atomic E-state index is -3.02. The summed E-state index contributed by atoms with van der Waals surface area (Å²) in [6.45, 7) is -3.03. The van der Waals surface area contributed by atoms with Gasteiger partial charge < -0.3 is 14.8 Å². The van der Waals surface area contributed by atoms with Crippen molar-refractivity contribution in [3.63, 3.8) is 0 Å². The van der Waals surface area contributed by atoms with E-state index in [1.165, 1.54) is 50.0 Å². The third-order valence-corrected chi connectivity index (χ3v) is 4.43. The standard InChI is InChI=1S/C19H18F2N4O5/c1-24-15-11(17(27)25(2)19(24)28)5-6-12(23-15)16(26)22-9-10-4-7-13(29-3)14(8-10)30-18(20)21/h4-8,18H,9H2,1-3H3,(H,22,26). The highest BCUT2D eigenvalue weighted by Crippen LogP contribution is 2.29. The average Bonchev–Trinajstić information content (AvgIpc) is 2.73. The maximum atomic E-state index is 12.5. The van der Waals surface area contributed by atoms with Gasteiger partial charge in [-0.05, 0) is 29.8 Å². The lowest BCUT2D eigenvalue weighted by molar-refractivity contribution is -0.0512. The van der Waals surface area contributed by atoms with Crippen LogP contribution < -0.4 is 26.0 Å². The quantitative estimate of drug-likeness (QED) is 0.642. The maximum Gasteiger partial charge on any atom is 0.387 e. The van der Waals surface area contributed by atoms with Gasteiger partial charge in [0.15, 0.2) is 11.5 Å². The van der Waals surface area contributed by atoms with Gasteiger partial charge in [-0.3, -0.25) is 18.7 Å². The number of hydrogen-bond donors (Lipinski definition) is 1. The zero-order chi connectivity index (χ0) is 22.0. The molecule has 11 heteroatoms. The minimum absolute atomic E-state index is 0.00235. The van der Waals surface area contributed by atoms with Gasteiger partial charge >= 0.3 is 12.3 Å². The van der Waals surface area contributed by atoms with E-state index in [1.807, 2.05) is 0 Å². The topological polar surface area (TPSA) is 104 Å². The minimum Gasteiger partial charge on any atom is -0.493 e. The van der Waals surface area contributed by atoms with E-state index in [0.29, 0.717) is 5.56 Å². The summed E-state index contributed by atoms with van der Waals surface area (Å²) in [7, 11) is 4.12. The number of nitrogens with one attached hydrogen (secondary N) is 1. The smallest absolute Gasteiger partial charge is 0.387 e. The van der Waals surface area contributed by atoms with Crippen LogP contribution in [0.5, 0.6) is 11.5 Å². The fourth-order valence-corrected chi connectivity index (χ4v) is 2.87. The lowest BCUT2D eigenvalue weighted by Crippen LogP contribution is -2.37.